The van der Waals surface area contributed by atoms with E-state index in [0.29, 0.717) is 34.6 Å². The van der Waals surface area contributed by atoms with E-state index in [1.54, 1.807) is 34.6 Å². The van der Waals surface area contributed by atoms with Gasteiger partial charge in [-0.05, 0) is 68.3 Å². The van der Waals surface area contributed by atoms with Gasteiger partial charge in [0.15, 0.2) is 7.85 Å². The zero-order chi connectivity index (χ0) is 37.3. The standard InChI is InChI=1S/C34H34BF2N5O7S/c1-18-19(2)41(6)33(47)42(31(18)45)22-11-7-20(8-12-22)15-28(29(35)43)39-30(44)24-16-26(37)27(17-25(24)36)40-50(48,49)23-13-9-21(10-14-23)38-32(46)34(3,4)5/h7-14,16-17,28,40H,15H2,1-6H3,(H,38,46)(H,39,44)/t28-/m0/s1. The number of hydrogen-bond acceptors (Lipinski definition) is 7. The van der Waals surface area contributed by atoms with Crippen LogP contribution in [-0.4, -0.2) is 48.9 Å². The van der Waals surface area contributed by atoms with Crippen LogP contribution in [0.25, 0.3) is 5.69 Å². The van der Waals surface area contributed by atoms with E-state index in [-0.39, 0.29) is 22.9 Å². The van der Waals surface area contributed by atoms with E-state index < -0.39 is 67.2 Å². The van der Waals surface area contributed by atoms with E-state index in [1.165, 1.54) is 60.1 Å². The summed E-state index contributed by atoms with van der Waals surface area (Å²) in [7, 11) is 2.59. The molecule has 16 heteroatoms. The molecule has 0 saturated heterocycles. The quantitative estimate of drug-likeness (QED) is 0.213. The van der Waals surface area contributed by atoms with Crippen molar-refractivity contribution in [1.82, 2.24) is 14.5 Å². The molecular weight excluding hydrogens is 671 g/mol. The second kappa shape index (κ2) is 14.2. The lowest BCUT2D eigenvalue weighted by Gasteiger charge is -2.18. The number of amides is 2. The first-order valence-electron chi connectivity index (χ1n) is 15.1. The molecule has 1 heterocycles. The molecule has 3 N–H and O–H groups in total. The van der Waals surface area contributed by atoms with Crippen molar-refractivity contribution >= 4 is 46.7 Å². The summed E-state index contributed by atoms with van der Waals surface area (Å²) in [6.45, 7) is 8.36. The summed E-state index contributed by atoms with van der Waals surface area (Å²) in [6.07, 6.45) is -0.179. The molecule has 1 atom stereocenters. The van der Waals surface area contributed by atoms with Crippen molar-refractivity contribution in [2.24, 2.45) is 12.5 Å². The Morgan fingerprint density at radius 3 is 2.08 bits per heavy atom. The van der Waals surface area contributed by atoms with Crippen molar-refractivity contribution in [3.8, 4) is 5.69 Å². The SMILES string of the molecule is [B]C(=O)[C@H](Cc1ccc(-n2c(=O)c(C)c(C)n(C)c2=O)cc1)NC(=O)c1cc(F)c(NS(=O)(=O)c2ccc(NC(=O)C(C)(C)C)cc2)cc1F. The fraction of sp³-hybridized carbons (Fsp3) is 0.265. The molecule has 3 aromatic carbocycles. The van der Waals surface area contributed by atoms with Crippen molar-refractivity contribution in [2.75, 3.05) is 10.0 Å². The Balaban J connectivity index is 1.48. The summed E-state index contributed by atoms with van der Waals surface area (Å²) >= 11 is 0. The van der Waals surface area contributed by atoms with Crippen LogP contribution < -0.4 is 26.6 Å². The molecule has 0 unspecified atom stereocenters. The number of aromatic nitrogens is 2. The Kier molecular flexibility index (Phi) is 10.7. The predicted octanol–water partition coefficient (Wildman–Crippen LogP) is 3.25. The van der Waals surface area contributed by atoms with Gasteiger partial charge in [-0.1, -0.05) is 32.9 Å². The van der Waals surface area contributed by atoms with Crippen molar-refractivity contribution in [3.63, 3.8) is 0 Å². The van der Waals surface area contributed by atoms with E-state index in [0.717, 1.165) is 4.57 Å². The minimum Gasteiger partial charge on any atom is -0.343 e. The maximum Gasteiger partial charge on any atom is 0.335 e. The van der Waals surface area contributed by atoms with Gasteiger partial charge in [0.05, 0.1) is 33.6 Å². The van der Waals surface area contributed by atoms with E-state index >= 15 is 8.78 Å². The highest BCUT2D eigenvalue weighted by molar-refractivity contribution is 7.92. The first kappa shape index (κ1) is 37.4. The lowest BCUT2D eigenvalue weighted by atomic mass is 9.90. The van der Waals surface area contributed by atoms with Crippen LogP contribution in [0.4, 0.5) is 20.2 Å². The Morgan fingerprint density at radius 1 is 0.920 bits per heavy atom. The molecule has 0 fully saturated rings. The molecule has 0 aliphatic heterocycles. The van der Waals surface area contributed by atoms with Crippen LogP contribution in [0.5, 0.6) is 0 Å². The van der Waals surface area contributed by atoms with Gasteiger partial charge < -0.3 is 20.0 Å². The third kappa shape index (κ3) is 8.08. The van der Waals surface area contributed by atoms with Crippen molar-refractivity contribution < 1.29 is 31.6 Å². The monoisotopic (exact) mass is 705 g/mol. The average molecular weight is 706 g/mol. The summed E-state index contributed by atoms with van der Waals surface area (Å²) in [6, 6.07) is 10.5. The number of carbonyl (C=O) groups excluding carboxylic acids is 3. The van der Waals surface area contributed by atoms with Crippen LogP contribution in [0.2, 0.25) is 0 Å². The molecule has 0 spiro atoms. The molecule has 2 amide bonds. The maximum atomic E-state index is 15.1. The maximum absolute atomic E-state index is 15.1. The van der Waals surface area contributed by atoms with Crippen LogP contribution in [-0.2, 0) is 33.1 Å². The van der Waals surface area contributed by atoms with Crippen LogP contribution in [0, 0.1) is 30.9 Å². The Labute approximate surface area is 288 Å². The number of anilines is 2. The molecule has 2 radical (unpaired) electrons. The number of hydrogen-bond donors (Lipinski definition) is 3. The van der Waals surface area contributed by atoms with E-state index in [1.807, 2.05) is 4.72 Å². The highest BCUT2D eigenvalue weighted by atomic mass is 32.2. The zero-order valence-corrected chi connectivity index (χ0v) is 28.9. The molecule has 260 valence electrons. The van der Waals surface area contributed by atoms with Crippen LogP contribution in [0.15, 0.2) is 75.1 Å². The number of halogens is 2. The number of rotatable bonds is 10. The molecule has 0 aliphatic rings. The zero-order valence-electron chi connectivity index (χ0n) is 28.1. The minimum atomic E-state index is -4.42. The number of sulfonamides is 1. The molecule has 0 saturated carbocycles. The van der Waals surface area contributed by atoms with E-state index in [2.05, 4.69) is 10.6 Å². The predicted molar refractivity (Wildman–Crippen MR) is 184 cm³/mol. The average Bonchev–Trinajstić information content (AvgIpc) is 3.04. The van der Waals surface area contributed by atoms with Crippen molar-refractivity contribution in [1.29, 1.82) is 0 Å². The van der Waals surface area contributed by atoms with Gasteiger partial charge in [-0.25, -0.2) is 26.6 Å². The number of benzene rings is 3. The van der Waals surface area contributed by atoms with E-state index in [4.69, 9.17) is 7.85 Å². The van der Waals surface area contributed by atoms with Gasteiger partial charge in [-0.15, -0.1) is 0 Å². The smallest absolute Gasteiger partial charge is 0.335 e. The van der Waals surface area contributed by atoms with Gasteiger partial charge in [-0.2, -0.15) is 0 Å². The highest BCUT2D eigenvalue weighted by Crippen LogP contribution is 2.25. The minimum absolute atomic E-state index is 0.179. The van der Waals surface area contributed by atoms with Crippen molar-refractivity contribution in [2.45, 2.75) is 52.0 Å². The van der Waals surface area contributed by atoms with E-state index in [9.17, 15) is 32.4 Å². The second-order valence-corrected chi connectivity index (χ2v) is 14.3. The normalized spacial score (nSPS) is 12.2. The Morgan fingerprint density at radius 2 is 1.52 bits per heavy atom. The van der Waals surface area contributed by atoms with Gasteiger partial charge in [0.25, 0.3) is 21.5 Å². The summed E-state index contributed by atoms with van der Waals surface area (Å²) in [5, 5.41) is 4.90. The summed E-state index contributed by atoms with van der Waals surface area (Å²) in [5.41, 5.74) is -2.40. The molecule has 0 aliphatic carbocycles. The summed E-state index contributed by atoms with van der Waals surface area (Å²) in [4.78, 5) is 62.6. The third-order valence-corrected chi connectivity index (χ3v) is 9.36. The summed E-state index contributed by atoms with van der Waals surface area (Å²) < 4.78 is 60.2. The topological polar surface area (TPSA) is 165 Å². The molecule has 1 aromatic heterocycles. The van der Waals surface area contributed by atoms with Gasteiger partial charge in [-0.3, -0.25) is 19.1 Å². The lowest BCUT2D eigenvalue weighted by Crippen LogP contribution is -2.43. The molecule has 12 nitrogen and oxygen atoms in total. The number of nitrogens with zero attached hydrogens (tertiary/aromatic N) is 2. The Bertz CT molecular complexity index is 2190. The fourth-order valence-corrected chi connectivity index (χ4v) is 5.75. The van der Waals surface area contributed by atoms with Crippen LogP contribution in [0.1, 0.15) is 48.0 Å². The first-order valence-corrected chi connectivity index (χ1v) is 16.6. The largest absolute Gasteiger partial charge is 0.343 e. The highest BCUT2D eigenvalue weighted by Gasteiger charge is 2.25. The molecule has 50 heavy (non-hydrogen) atoms. The first-order chi connectivity index (χ1) is 23.2. The molecule has 4 rings (SSSR count). The molecule has 0 bridgehead atoms. The van der Waals surface area contributed by atoms with Gasteiger partial charge in [0.1, 0.15) is 11.6 Å². The van der Waals surface area contributed by atoms with Gasteiger partial charge in [0.2, 0.25) is 5.91 Å². The van der Waals surface area contributed by atoms with Crippen LogP contribution in [0.3, 0.4) is 0 Å². The van der Waals surface area contributed by atoms with Crippen molar-refractivity contribution in [3.05, 3.63) is 116 Å². The third-order valence-electron chi connectivity index (χ3n) is 7.98. The molecule has 4 aromatic rings. The van der Waals surface area contributed by atoms with Gasteiger partial charge >= 0.3 is 5.69 Å². The van der Waals surface area contributed by atoms with Gasteiger partial charge in [0, 0.05) is 35.5 Å². The Hall–Kier alpha value is -5.38. The fourth-order valence-electron chi connectivity index (χ4n) is 4.70. The molecular formula is C34H34BF2N5O7S. The number of carbonyl (C=O) groups is 3. The van der Waals surface area contributed by atoms with Crippen LogP contribution >= 0.6 is 0 Å². The summed E-state index contributed by atoms with van der Waals surface area (Å²) in [5.74, 6) is -4.08. The second-order valence-electron chi connectivity index (χ2n) is 12.6. The lowest BCUT2D eigenvalue weighted by molar-refractivity contribution is -0.123. The number of nitrogens with one attached hydrogen (secondary N) is 3.